The van der Waals surface area contributed by atoms with Crippen LogP contribution in [0.1, 0.15) is 23.8 Å². The highest BCUT2D eigenvalue weighted by molar-refractivity contribution is 7.16. The van der Waals surface area contributed by atoms with E-state index in [9.17, 15) is 0 Å². The monoisotopic (exact) mass is 267 g/mol. The number of rotatable bonds is 2. The molecular formula is C10H15Cl2NOS. The van der Waals surface area contributed by atoms with E-state index in [0.717, 1.165) is 30.4 Å². The Morgan fingerprint density at radius 3 is 2.60 bits per heavy atom. The molecule has 1 aromatic heterocycles. The molecule has 86 valence electrons. The van der Waals surface area contributed by atoms with Gasteiger partial charge >= 0.3 is 0 Å². The van der Waals surface area contributed by atoms with E-state index in [-0.39, 0.29) is 18.4 Å². The summed E-state index contributed by atoms with van der Waals surface area (Å²) in [5.41, 5.74) is 6.18. The molecule has 1 fully saturated rings. The maximum Gasteiger partial charge on any atom is 0.0931 e. The second-order valence-corrected chi connectivity index (χ2v) is 5.36. The normalized spacial score (nSPS) is 19.6. The summed E-state index contributed by atoms with van der Waals surface area (Å²) in [7, 11) is 0. The van der Waals surface area contributed by atoms with Gasteiger partial charge in [0.2, 0.25) is 0 Å². The number of hydrogen-bond acceptors (Lipinski definition) is 3. The van der Waals surface area contributed by atoms with Crippen molar-refractivity contribution in [1.82, 2.24) is 0 Å². The van der Waals surface area contributed by atoms with E-state index in [0.29, 0.717) is 5.92 Å². The van der Waals surface area contributed by atoms with Crippen molar-refractivity contribution in [2.45, 2.75) is 18.9 Å². The third kappa shape index (κ3) is 3.33. The van der Waals surface area contributed by atoms with Crippen LogP contribution in [0.4, 0.5) is 0 Å². The van der Waals surface area contributed by atoms with Gasteiger partial charge in [0.15, 0.2) is 0 Å². The molecule has 0 spiro atoms. The summed E-state index contributed by atoms with van der Waals surface area (Å²) in [6.07, 6.45) is 2.13. The summed E-state index contributed by atoms with van der Waals surface area (Å²) >= 11 is 7.47. The summed E-state index contributed by atoms with van der Waals surface area (Å²) in [4.78, 5) is 1.20. The Balaban J connectivity index is 0.00000112. The van der Waals surface area contributed by atoms with E-state index in [2.05, 4.69) is 0 Å². The highest BCUT2D eigenvalue weighted by atomic mass is 35.5. The Bertz CT molecular complexity index is 299. The first-order valence-electron chi connectivity index (χ1n) is 4.86. The number of thiophene rings is 1. The molecule has 2 heterocycles. The van der Waals surface area contributed by atoms with Crippen LogP contribution in [0.5, 0.6) is 0 Å². The molecule has 1 aromatic rings. The van der Waals surface area contributed by atoms with Gasteiger partial charge in [0.1, 0.15) is 0 Å². The van der Waals surface area contributed by atoms with Crippen molar-refractivity contribution in [3.05, 3.63) is 21.3 Å². The molecular weight excluding hydrogens is 253 g/mol. The first-order chi connectivity index (χ1) is 6.77. The van der Waals surface area contributed by atoms with Crippen molar-refractivity contribution in [1.29, 1.82) is 0 Å². The average molecular weight is 268 g/mol. The molecule has 0 aliphatic carbocycles. The van der Waals surface area contributed by atoms with Crippen LogP contribution < -0.4 is 5.73 Å². The summed E-state index contributed by atoms with van der Waals surface area (Å²) in [6.45, 7) is 1.69. The van der Waals surface area contributed by atoms with Gasteiger partial charge in [-0.3, -0.25) is 0 Å². The van der Waals surface area contributed by atoms with Crippen molar-refractivity contribution >= 4 is 35.3 Å². The lowest BCUT2D eigenvalue weighted by molar-refractivity contribution is 0.0587. The quantitative estimate of drug-likeness (QED) is 0.893. The predicted molar refractivity (Wildman–Crippen MR) is 67.0 cm³/mol. The zero-order valence-electron chi connectivity index (χ0n) is 8.32. The van der Waals surface area contributed by atoms with Crippen LogP contribution >= 0.6 is 35.3 Å². The van der Waals surface area contributed by atoms with Crippen molar-refractivity contribution < 1.29 is 4.74 Å². The first kappa shape index (κ1) is 13.3. The van der Waals surface area contributed by atoms with Gasteiger partial charge in [-0.2, -0.15) is 0 Å². The Morgan fingerprint density at radius 1 is 1.40 bits per heavy atom. The van der Waals surface area contributed by atoms with Crippen molar-refractivity contribution in [2.24, 2.45) is 11.7 Å². The molecule has 0 radical (unpaired) electrons. The predicted octanol–water partition coefficient (Wildman–Crippen LogP) is 3.25. The Morgan fingerprint density at radius 2 is 2.07 bits per heavy atom. The van der Waals surface area contributed by atoms with E-state index in [1.165, 1.54) is 4.88 Å². The van der Waals surface area contributed by atoms with Gasteiger partial charge in [0.25, 0.3) is 0 Å². The fraction of sp³-hybridized carbons (Fsp3) is 0.600. The Hall–Kier alpha value is 0.200. The average Bonchev–Trinajstić information content (AvgIpc) is 2.65. The lowest BCUT2D eigenvalue weighted by Crippen LogP contribution is -2.26. The van der Waals surface area contributed by atoms with Crippen LogP contribution in [0.3, 0.4) is 0 Å². The van der Waals surface area contributed by atoms with Gasteiger partial charge in [-0.25, -0.2) is 0 Å². The number of nitrogens with two attached hydrogens (primary N) is 1. The van der Waals surface area contributed by atoms with Crippen molar-refractivity contribution in [3.8, 4) is 0 Å². The largest absolute Gasteiger partial charge is 0.381 e. The van der Waals surface area contributed by atoms with E-state index in [4.69, 9.17) is 22.1 Å². The molecule has 0 amide bonds. The van der Waals surface area contributed by atoms with Gasteiger partial charge < -0.3 is 10.5 Å². The molecule has 1 atom stereocenters. The van der Waals surface area contributed by atoms with Crippen LogP contribution in [0, 0.1) is 5.92 Å². The lowest BCUT2D eigenvalue weighted by atomic mass is 9.91. The number of halogens is 2. The molecule has 15 heavy (non-hydrogen) atoms. The fourth-order valence-corrected chi connectivity index (χ4v) is 2.97. The third-order valence-electron chi connectivity index (χ3n) is 2.70. The minimum atomic E-state index is 0. The van der Waals surface area contributed by atoms with Crippen LogP contribution in [0.15, 0.2) is 12.1 Å². The molecule has 2 rings (SSSR count). The Kier molecular flexibility index (Phi) is 5.36. The molecule has 1 aliphatic rings. The molecule has 0 aromatic carbocycles. The lowest BCUT2D eigenvalue weighted by Gasteiger charge is -2.26. The van der Waals surface area contributed by atoms with Gasteiger partial charge in [-0.15, -0.1) is 23.7 Å². The summed E-state index contributed by atoms with van der Waals surface area (Å²) in [6, 6.07) is 4.09. The second-order valence-electron chi connectivity index (χ2n) is 3.62. The zero-order chi connectivity index (χ0) is 9.97. The van der Waals surface area contributed by atoms with Crippen molar-refractivity contribution in [3.63, 3.8) is 0 Å². The van der Waals surface area contributed by atoms with E-state index >= 15 is 0 Å². The van der Waals surface area contributed by atoms with Gasteiger partial charge in [-0.05, 0) is 30.9 Å². The van der Waals surface area contributed by atoms with E-state index < -0.39 is 0 Å². The maximum absolute atomic E-state index is 6.18. The highest BCUT2D eigenvalue weighted by Gasteiger charge is 2.23. The molecule has 0 unspecified atom stereocenters. The third-order valence-corrected chi connectivity index (χ3v) is 4.03. The zero-order valence-corrected chi connectivity index (χ0v) is 10.7. The van der Waals surface area contributed by atoms with Crippen LogP contribution in [-0.4, -0.2) is 13.2 Å². The molecule has 5 heteroatoms. The molecule has 2 N–H and O–H groups in total. The Labute approximate surface area is 105 Å². The van der Waals surface area contributed by atoms with Crippen LogP contribution in [0.2, 0.25) is 4.34 Å². The summed E-state index contributed by atoms with van der Waals surface area (Å²) in [5, 5.41) is 0. The maximum atomic E-state index is 6.18. The van der Waals surface area contributed by atoms with Gasteiger partial charge in [0, 0.05) is 24.1 Å². The van der Waals surface area contributed by atoms with Gasteiger partial charge in [-0.1, -0.05) is 11.6 Å². The van der Waals surface area contributed by atoms with E-state index in [1.807, 2.05) is 12.1 Å². The second kappa shape index (κ2) is 6.06. The summed E-state index contributed by atoms with van der Waals surface area (Å²) in [5.74, 6) is 0.554. The standard InChI is InChI=1S/C10H14ClNOS.ClH/c11-9-2-1-8(14-9)10(12)7-3-5-13-6-4-7;/h1-2,7,10H,3-6,12H2;1H/t10-;/m0./s1. The van der Waals surface area contributed by atoms with Crippen molar-refractivity contribution in [2.75, 3.05) is 13.2 Å². The minimum Gasteiger partial charge on any atom is -0.381 e. The first-order valence-corrected chi connectivity index (χ1v) is 6.05. The van der Waals surface area contributed by atoms with E-state index in [1.54, 1.807) is 11.3 Å². The SMILES string of the molecule is Cl.N[C@H](c1ccc(Cl)s1)C1CCOCC1. The fourth-order valence-electron chi connectivity index (χ4n) is 1.81. The summed E-state index contributed by atoms with van der Waals surface area (Å²) < 4.78 is 6.13. The highest BCUT2D eigenvalue weighted by Crippen LogP contribution is 2.33. The minimum absolute atomic E-state index is 0. The van der Waals surface area contributed by atoms with Crippen LogP contribution in [-0.2, 0) is 4.74 Å². The molecule has 0 saturated carbocycles. The van der Waals surface area contributed by atoms with Crippen LogP contribution in [0.25, 0.3) is 0 Å². The molecule has 0 bridgehead atoms. The molecule has 1 saturated heterocycles. The number of ether oxygens (including phenoxy) is 1. The number of hydrogen-bond donors (Lipinski definition) is 1. The van der Waals surface area contributed by atoms with Gasteiger partial charge in [0.05, 0.1) is 4.34 Å². The smallest absolute Gasteiger partial charge is 0.0931 e. The molecule has 1 aliphatic heterocycles. The molecule has 2 nitrogen and oxygen atoms in total. The topological polar surface area (TPSA) is 35.2 Å².